The lowest BCUT2D eigenvalue weighted by molar-refractivity contribution is -0.154. The first-order valence-electron chi connectivity index (χ1n) is 14.1. The van der Waals surface area contributed by atoms with Gasteiger partial charge >= 0.3 is 19.7 Å². The molecule has 3 aromatic carbocycles. The second-order valence-electron chi connectivity index (χ2n) is 10.2. The summed E-state index contributed by atoms with van der Waals surface area (Å²) >= 11 is 0. The predicted molar refractivity (Wildman–Crippen MR) is 161 cm³/mol. The molecule has 3 aromatic rings. The molecule has 0 aliphatic heterocycles. The summed E-state index contributed by atoms with van der Waals surface area (Å²) in [5, 5.41) is 2.70. The van der Waals surface area contributed by atoms with E-state index in [9.17, 15) is 14.2 Å². The van der Waals surface area contributed by atoms with E-state index in [2.05, 4.69) is 5.32 Å². The molecule has 226 valence electrons. The van der Waals surface area contributed by atoms with Crippen molar-refractivity contribution in [3.8, 4) is 0 Å². The van der Waals surface area contributed by atoms with Gasteiger partial charge in [0.2, 0.25) is 0 Å². The van der Waals surface area contributed by atoms with E-state index in [4.69, 9.17) is 24.3 Å². The average Bonchev–Trinajstić information content (AvgIpc) is 3.02. The fourth-order valence-electron chi connectivity index (χ4n) is 3.92. The number of unbranched alkanes of at least 4 members (excludes halogenated alkanes) is 1. The summed E-state index contributed by atoms with van der Waals surface area (Å²) in [5.74, 6) is -1.85. The van der Waals surface area contributed by atoms with Crippen LogP contribution in [0.1, 0.15) is 49.8 Å². The molecule has 0 spiro atoms. The molecular formula is C32H41N2O7P. The number of ether oxygens (including phenoxy) is 2. The number of hydrogen-bond donors (Lipinski definition) is 2. The lowest BCUT2D eigenvalue weighted by atomic mass is 10.1. The van der Waals surface area contributed by atoms with E-state index >= 15 is 0 Å². The molecule has 3 rings (SSSR count). The number of benzene rings is 3. The number of carbonyl (C=O) groups excluding carboxylic acids is 2. The van der Waals surface area contributed by atoms with Crippen LogP contribution in [0.5, 0.6) is 0 Å². The largest absolute Gasteiger partial charge is 0.459 e. The van der Waals surface area contributed by atoms with Crippen LogP contribution in [0.2, 0.25) is 0 Å². The van der Waals surface area contributed by atoms with E-state index in [1.165, 1.54) is 0 Å². The Bertz CT molecular complexity index is 1260. The number of alkyl carbamates (subject to hydrolysis) is 1. The van der Waals surface area contributed by atoms with Crippen molar-refractivity contribution in [2.45, 2.75) is 64.8 Å². The van der Waals surface area contributed by atoms with Gasteiger partial charge in [0.05, 0.1) is 6.61 Å². The van der Waals surface area contributed by atoms with Gasteiger partial charge in [-0.2, -0.15) is 0 Å². The standard InChI is InChI=1S/C32H41N2O7P/c1-25(2)30(33)42(37,40-24-28-18-10-5-11-19-28)41-29(31(35)38-22-26-14-6-3-7-15-26)20-12-13-21-34-32(36)39-23-27-16-8-4-9-17-27/h3-11,14-19,25,29-30H,12-13,20-24,33H2,1-2H3,(H,34,36)/t29?,30-,42?/m0/s1. The zero-order chi connectivity index (χ0) is 30.2. The molecule has 9 nitrogen and oxygen atoms in total. The van der Waals surface area contributed by atoms with Crippen LogP contribution < -0.4 is 11.1 Å². The highest BCUT2D eigenvalue weighted by molar-refractivity contribution is 7.54. The van der Waals surface area contributed by atoms with Crippen LogP contribution in [0.4, 0.5) is 4.79 Å². The fraction of sp³-hybridized carbons (Fsp3) is 0.375. The molecule has 10 heteroatoms. The lowest BCUT2D eigenvalue weighted by Gasteiger charge is -2.29. The predicted octanol–water partition coefficient (Wildman–Crippen LogP) is 6.56. The van der Waals surface area contributed by atoms with E-state index in [0.717, 1.165) is 16.7 Å². The van der Waals surface area contributed by atoms with Gasteiger partial charge in [-0.05, 0) is 41.9 Å². The Balaban J connectivity index is 1.60. The summed E-state index contributed by atoms with van der Waals surface area (Å²) < 4.78 is 36.6. The minimum absolute atomic E-state index is 0.0132. The van der Waals surface area contributed by atoms with Gasteiger partial charge in [0.25, 0.3) is 0 Å². The Morgan fingerprint density at radius 3 is 1.79 bits per heavy atom. The maximum Gasteiger partial charge on any atom is 0.407 e. The van der Waals surface area contributed by atoms with Crippen LogP contribution in [0.3, 0.4) is 0 Å². The minimum atomic E-state index is -3.96. The van der Waals surface area contributed by atoms with E-state index in [1.54, 1.807) is 0 Å². The molecule has 2 unspecified atom stereocenters. The first-order chi connectivity index (χ1) is 20.3. The van der Waals surface area contributed by atoms with Crippen molar-refractivity contribution >= 4 is 19.7 Å². The van der Waals surface area contributed by atoms with Crippen LogP contribution in [0.15, 0.2) is 91.0 Å². The summed E-state index contributed by atoms with van der Waals surface area (Å²) in [7, 11) is -3.96. The van der Waals surface area contributed by atoms with Crippen molar-refractivity contribution < 1.29 is 32.7 Å². The Hall–Kier alpha value is -3.49. The van der Waals surface area contributed by atoms with Crippen molar-refractivity contribution in [3.05, 3.63) is 108 Å². The second-order valence-corrected chi connectivity index (χ2v) is 12.4. The maximum atomic E-state index is 14.0. The summed E-state index contributed by atoms with van der Waals surface area (Å²) in [6.45, 7) is 4.19. The van der Waals surface area contributed by atoms with Crippen molar-refractivity contribution in [3.63, 3.8) is 0 Å². The number of esters is 1. The van der Waals surface area contributed by atoms with Crippen molar-refractivity contribution in [1.29, 1.82) is 0 Å². The number of hydrogen-bond acceptors (Lipinski definition) is 8. The molecule has 0 aromatic heterocycles. The molecule has 0 heterocycles. The smallest absolute Gasteiger partial charge is 0.407 e. The first-order valence-corrected chi connectivity index (χ1v) is 15.8. The lowest BCUT2D eigenvalue weighted by Crippen LogP contribution is -2.33. The highest BCUT2D eigenvalue weighted by Crippen LogP contribution is 2.55. The normalized spacial score (nSPS) is 14.0. The third kappa shape index (κ3) is 11.4. The minimum Gasteiger partial charge on any atom is -0.459 e. The van der Waals surface area contributed by atoms with E-state index < -0.39 is 31.5 Å². The number of nitrogens with two attached hydrogens (primary N) is 1. The monoisotopic (exact) mass is 596 g/mol. The Morgan fingerprint density at radius 2 is 1.26 bits per heavy atom. The molecule has 0 radical (unpaired) electrons. The molecule has 0 saturated carbocycles. The van der Waals surface area contributed by atoms with E-state index in [-0.39, 0.29) is 32.2 Å². The Labute approximate surface area is 248 Å². The van der Waals surface area contributed by atoms with Gasteiger partial charge in [0.15, 0.2) is 6.10 Å². The van der Waals surface area contributed by atoms with Crippen LogP contribution in [0, 0.1) is 5.92 Å². The van der Waals surface area contributed by atoms with Gasteiger partial charge in [0.1, 0.15) is 19.0 Å². The first kappa shape index (κ1) is 33.0. The summed E-state index contributed by atoms with van der Waals surface area (Å²) in [6, 6.07) is 27.9. The zero-order valence-electron chi connectivity index (χ0n) is 24.2. The molecule has 1 amide bonds. The highest BCUT2D eigenvalue weighted by Gasteiger charge is 2.40. The molecule has 0 saturated heterocycles. The fourth-order valence-corrected chi connectivity index (χ4v) is 5.90. The summed E-state index contributed by atoms with van der Waals surface area (Å²) in [4.78, 5) is 25.3. The Morgan fingerprint density at radius 1 is 0.762 bits per heavy atom. The third-order valence-corrected chi connectivity index (χ3v) is 8.80. The van der Waals surface area contributed by atoms with Crippen molar-refractivity contribution in [2.24, 2.45) is 11.7 Å². The van der Waals surface area contributed by atoms with Crippen LogP contribution in [-0.2, 0) is 47.7 Å². The maximum absolute atomic E-state index is 14.0. The van der Waals surface area contributed by atoms with Crippen molar-refractivity contribution in [2.75, 3.05) is 6.54 Å². The molecular weight excluding hydrogens is 555 g/mol. The third-order valence-electron chi connectivity index (χ3n) is 6.44. The average molecular weight is 597 g/mol. The van der Waals surface area contributed by atoms with E-state index in [1.807, 2.05) is 105 Å². The number of nitrogens with one attached hydrogen (secondary N) is 1. The van der Waals surface area contributed by atoms with Crippen LogP contribution in [0.25, 0.3) is 0 Å². The molecule has 0 fully saturated rings. The molecule has 3 atom stereocenters. The van der Waals surface area contributed by atoms with E-state index in [0.29, 0.717) is 19.4 Å². The van der Waals surface area contributed by atoms with Crippen molar-refractivity contribution in [1.82, 2.24) is 5.32 Å². The zero-order valence-corrected chi connectivity index (χ0v) is 25.1. The van der Waals surface area contributed by atoms with Gasteiger partial charge in [-0.1, -0.05) is 105 Å². The highest BCUT2D eigenvalue weighted by atomic mass is 31.2. The summed E-state index contributed by atoms with van der Waals surface area (Å²) in [5.41, 5.74) is 8.82. The number of rotatable bonds is 17. The molecule has 42 heavy (non-hydrogen) atoms. The molecule has 3 N–H and O–H groups in total. The Kier molecular flexibility index (Phi) is 13.7. The van der Waals surface area contributed by atoms with Gasteiger partial charge < -0.3 is 25.0 Å². The number of amides is 1. The number of carbonyl (C=O) groups is 2. The quantitative estimate of drug-likeness (QED) is 0.102. The van der Waals surface area contributed by atoms with Crippen LogP contribution in [-0.4, -0.2) is 30.5 Å². The van der Waals surface area contributed by atoms with Gasteiger partial charge in [0, 0.05) is 6.54 Å². The molecule has 0 aliphatic rings. The molecule has 0 aliphatic carbocycles. The molecule has 0 bridgehead atoms. The second kappa shape index (κ2) is 17.5. The summed E-state index contributed by atoms with van der Waals surface area (Å²) in [6.07, 6.45) is -0.518. The topological polar surface area (TPSA) is 126 Å². The SMILES string of the molecule is CC(C)[C@@H](N)P(=O)(OCc1ccccc1)OC(CCCCNC(=O)OCc1ccccc1)C(=O)OCc1ccccc1. The van der Waals surface area contributed by atoms with Gasteiger partial charge in [-0.3, -0.25) is 9.09 Å². The van der Waals surface area contributed by atoms with Gasteiger partial charge in [-0.25, -0.2) is 9.59 Å². The van der Waals surface area contributed by atoms with Crippen LogP contribution >= 0.6 is 7.60 Å². The van der Waals surface area contributed by atoms with Gasteiger partial charge in [-0.15, -0.1) is 0 Å².